The Bertz CT molecular complexity index is 1250. The fourth-order valence-electron chi connectivity index (χ4n) is 3.92. The third kappa shape index (κ3) is 4.94. The number of carbonyl (C=O) groups is 1. The number of aromatic hydroxyl groups is 1. The van der Waals surface area contributed by atoms with Crippen LogP contribution in [0.3, 0.4) is 0 Å². The maximum Gasteiger partial charge on any atom is 0.271 e. The van der Waals surface area contributed by atoms with E-state index in [9.17, 15) is 9.90 Å². The first-order valence-corrected chi connectivity index (χ1v) is 11.0. The maximum atomic E-state index is 12.3. The van der Waals surface area contributed by atoms with Crippen molar-refractivity contribution < 1.29 is 9.90 Å². The molecule has 162 valence electrons. The molecule has 3 aromatic carbocycles. The molecule has 6 heteroatoms. The summed E-state index contributed by atoms with van der Waals surface area (Å²) >= 11 is 5.86. The highest BCUT2D eigenvalue weighted by molar-refractivity contribution is 6.32. The predicted molar refractivity (Wildman–Crippen MR) is 129 cm³/mol. The number of phenols is 1. The molecule has 0 saturated heterocycles. The highest BCUT2D eigenvalue weighted by Crippen LogP contribution is 2.26. The summed E-state index contributed by atoms with van der Waals surface area (Å²) in [5.41, 5.74) is 10.7. The van der Waals surface area contributed by atoms with E-state index in [0.29, 0.717) is 5.56 Å². The van der Waals surface area contributed by atoms with Gasteiger partial charge in [-0.3, -0.25) is 4.79 Å². The number of hydrazone groups is 1. The van der Waals surface area contributed by atoms with E-state index < -0.39 is 11.4 Å². The summed E-state index contributed by atoms with van der Waals surface area (Å²) in [4.78, 5) is 12.3. The molecular weight excluding hydrogens is 422 g/mol. The van der Waals surface area contributed by atoms with Gasteiger partial charge in [0.1, 0.15) is 5.75 Å². The normalized spacial score (nSPS) is 15.3. The highest BCUT2D eigenvalue weighted by atomic mass is 35.5. The molecule has 3 aromatic rings. The second kappa shape index (κ2) is 9.44. The third-order valence-corrected chi connectivity index (χ3v) is 6.03. The topological polar surface area (TPSA) is 87.7 Å². The molecule has 5 nitrogen and oxygen atoms in total. The number of amides is 1. The first-order valence-electron chi connectivity index (χ1n) is 10.6. The average Bonchev–Trinajstić information content (AvgIpc) is 2.80. The quantitative estimate of drug-likeness (QED) is 0.302. The number of phenolic OH excluding ortho intramolecular Hbond substituents is 1. The fraction of sp³-hybridized carbons (Fsp3) is 0.231. The molecule has 0 atom stereocenters. The van der Waals surface area contributed by atoms with Gasteiger partial charge in [0.2, 0.25) is 0 Å². The van der Waals surface area contributed by atoms with E-state index in [4.69, 9.17) is 17.3 Å². The van der Waals surface area contributed by atoms with E-state index in [1.165, 1.54) is 24.6 Å². The van der Waals surface area contributed by atoms with Gasteiger partial charge in [0.25, 0.3) is 5.91 Å². The van der Waals surface area contributed by atoms with E-state index in [1.54, 1.807) is 6.21 Å². The molecule has 1 amide bonds. The van der Waals surface area contributed by atoms with Gasteiger partial charge in [-0.1, -0.05) is 73.0 Å². The van der Waals surface area contributed by atoms with Crippen molar-refractivity contribution in [3.8, 4) is 17.6 Å². The Labute approximate surface area is 192 Å². The summed E-state index contributed by atoms with van der Waals surface area (Å²) in [7, 11) is 0. The summed E-state index contributed by atoms with van der Waals surface area (Å²) in [5, 5.41) is 15.7. The van der Waals surface area contributed by atoms with Crippen molar-refractivity contribution in [2.45, 2.75) is 37.6 Å². The van der Waals surface area contributed by atoms with Crippen LogP contribution in [0.15, 0.2) is 59.7 Å². The van der Waals surface area contributed by atoms with Gasteiger partial charge in [0.05, 0.1) is 16.8 Å². The van der Waals surface area contributed by atoms with Crippen LogP contribution >= 0.6 is 11.6 Å². The Morgan fingerprint density at radius 2 is 1.84 bits per heavy atom. The number of nitrogens with zero attached hydrogens (tertiary/aromatic N) is 1. The fourth-order valence-corrected chi connectivity index (χ4v) is 4.10. The number of fused-ring (bicyclic) bond motifs is 1. The van der Waals surface area contributed by atoms with Crippen molar-refractivity contribution in [1.29, 1.82) is 0 Å². The standard InChI is InChI=1S/C26H24ClN3O2/c27-23-16-19(10-11-24(23)31)25(32)30-29-17-20-9-8-18(21-6-2-3-7-22(20)21)12-15-26(28)13-4-1-5-14-26/h2-3,6-11,16-17,31H,1,4-5,13-14,28H2,(H,30,32)/b29-17+. The number of rotatable bonds is 3. The Kier molecular flexibility index (Phi) is 6.45. The molecule has 0 radical (unpaired) electrons. The maximum absolute atomic E-state index is 12.3. The number of halogens is 1. The van der Waals surface area contributed by atoms with Crippen molar-refractivity contribution in [2.24, 2.45) is 10.8 Å². The van der Waals surface area contributed by atoms with Gasteiger partial charge in [-0.05, 0) is 47.9 Å². The molecule has 4 rings (SSSR count). The average molecular weight is 446 g/mol. The molecule has 1 aliphatic carbocycles. The summed E-state index contributed by atoms with van der Waals surface area (Å²) in [6, 6.07) is 16.1. The Balaban J connectivity index is 1.56. The summed E-state index contributed by atoms with van der Waals surface area (Å²) in [6.45, 7) is 0. The van der Waals surface area contributed by atoms with Gasteiger partial charge in [-0.25, -0.2) is 5.43 Å². The number of hydrogen-bond donors (Lipinski definition) is 3. The molecule has 0 spiro atoms. The van der Waals surface area contributed by atoms with Gasteiger partial charge >= 0.3 is 0 Å². The van der Waals surface area contributed by atoms with Crippen LogP contribution in [0.4, 0.5) is 0 Å². The first-order chi connectivity index (χ1) is 15.5. The summed E-state index contributed by atoms with van der Waals surface area (Å²) < 4.78 is 0. The van der Waals surface area contributed by atoms with Crippen molar-refractivity contribution in [1.82, 2.24) is 5.43 Å². The SMILES string of the molecule is NC1(C#Cc2ccc(/C=N/NC(=O)c3ccc(O)c(Cl)c3)c3ccccc23)CCCCC1. The minimum Gasteiger partial charge on any atom is -0.506 e. The van der Waals surface area contributed by atoms with E-state index in [1.807, 2.05) is 36.4 Å². The largest absolute Gasteiger partial charge is 0.506 e. The van der Waals surface area contributed by atoms with Crippen LogP contribution in [0.25, 0.3) is 10.8 Å². The number of nitrogens with one attached hydrogen (secondary N) is 1. The monoisotopic (exact) mass is 445 g/mol. The van der Waals surface area contributed by atoms with Crippen molar-refractivity contribution in [3.63, 3.8) is 0 Å². The van der Waals surface area contributed by atoms with E-state index in [2.05, 4.69) is 22.4 Å². The Morgan fingerprint density at radius 3 is 2.59 bits per heavy atom. The second-order valence-electron chi connectivity index (χ2n) is 8.08. The number of carbonyl (C=O) groups excluding carboxylic acids is 1. The van der Waals surface area contributed by atoms with Crippen LogP contribution in [0, 0.1) is 11.8 Å². The molecule has 0 aromatic heterocycles. The first kappa shape index (κ1) is 21.9. The number of hydrogen-bond acceptors (Lipinski definition) is 4. The van der Waals surface area contributed by atoms with E-state index >= 15 is 0 Å². The molecule has 4 N–H and O–H groups in total. The van der Waals surface area contributed by atoms with Gasteiger partial charge in [-0.15, -0.1) is 0 Å². The zero-order chi connectivity index (χ0) is 22.6. The lowest BCUT2D eigenvalue weighted by molar-refractivity contribution is 0.0955. The van der Waals surface area contributed by atoms with Crippen molar-refractivity contribution >= 4 is 34.5 Å². The lowest BCUT2D eigenvalue weighted by Gasteiger charge is -2.27. The molecule has 0 bridgehead atoms. The zero-order valence-electron chi connectivity index (χ0n) is 17.6. The molecule has 1 saturated carbocycles. The lowest BCUT2D eigenvalue weighted by atomic mass is 9.83. The van der Waals surface area contributed by atoms with Crippen molar-refractivity contribution in [2.75, 3.05) is 0 Å². The molecule has 1 fully saturated rings. The summed E-state index contributed by atoms with van der Waals surface area (Å²) in [5.74, 6) is 6.13. The molecule has 0 unspecified atom stereocenters. The van der Waals surface area contributed by atoms with Gasteiger partial charge in [-0.2, -0.15) is 5.10 Å². The molecule has 0 heterocycles. The number of benzene rings is 3. The van der Waals surface area contributed by atoms with Gasteiger partial charge in [0, 0.05) is 16.7 Å². The van der Waals surface area contributed by atoms with Crippen LogP contribution in [0.1, 0.15) is 53.6 Å². The van der Waals surface area contributed by atoms with Crippen molar-refractivity contribution in [3.05, 3.63) is 76.3 Å². The van der Waals surface area contributed by atoms with Crippen LogP contribution in [-0.2, 0) is 0 Å². The van der Waals surface area contributed by atoms with Crippen LogP contribution in [0.2, 0.25) is 5.02 Å². The molecule has 1 aliphatic rings. The van der Waals surface area contributed by atoms with E-state index in [0.717, 1.165) is 47.6 Å². The molecule has 0 aliphatic heterocycles. The van der Waals surface area contributed by atoms with E-state index in [-0.39, 0.29) is 10.8 Å². The molecular formula is C26H24ClN3O2. The van der Waals surface area contributed by atoms with Crippen LogP contribution in [0.5, 0.6) is 5.75 Å². The van der Waals surface area contributed by atoms with Crippen LogP contribution in [-0.4, -0.2) is 22.8 Å². The Hall–Kier alpha value is -3.33. The lowest BCUT2D eigenvalue weighted by Crippen LogP contribution is -2.40. The third-order valence-electron chi connectivity index (χ3n) is 5.73. The van der Waals surface area contributed by atoms with Gasteiger partial charge in [0.15, 0.2) is 0 Å². The number of nitrogens with two attached hydrogens (primary N) is 1. The molecule has 32 heavy (non-hydrogen) atoms. The Morgan fingerprint density at radius 1 is 1.09 bits per heavy atom. The zero-order valence-corrected chi connectivity index (χ0v) is 18.3. The van der Waals surface area contributed by atoms with Gasteiger partial charge < -0.3 is 10.8 Å². The minimum absolute atomic E-state index is 0.0783. The minimum atomic E-state index is -0.421. The summed E-state index contributed by atoms with van der Waals surface area (Å²) in [6.07, 6.45) is 6.97. The predicted octanol–water partition coefficient (Wildman–Crippen LogP) is 4.98. The highest BCUT2D eigenvalue weighted by Gasteiger charge is 2.24. The van der Waals surface area contributed by atoms with Crippen LogP contribution < -0.4 is 11.2 Å². The smallest absolute Gasteiger partial charge is 0.271 e. The second-order valence-corrected chi connectivity index (χ2v) is 8.49.